The fourth-order valence-electron chi connectivity index (χ4n) is 2.93. The third-order valence-electron chi connectivity index (χ3n) is 4.24. The van der Waals surface area contributed by atoms with Crippen molar-refractivity contribution in [1.82, 2.24) is 15.5 Å². The summed E-state index contributed by atoms with van der Waals surface area (Å²) in [6.45, 7) is 7.97. The average Bonchev–Trinajstić information content (AvgIpc) is 3.03. The highest BCUT2D eigenvalue weighted by Crippen LogP contribution is 2.12. The molecule has 0 aliphatic carbocycles. The number of amides is 1. The first-order chi connectivity index (χ1) is 12.7. The zero-order chi connectivity index (χ0) is 20.3. The van der Waals surface area contributed by atoms with E-state index in [1.807, 2.05) is 20.8 Å². The van der Waals surface area contributed by atoms with Crippen molar-refractivity contribution < 1.29 is 19.1 Å². The molecule has 156 valence electrons. The predicted molar refractivity (Wildman–Crippen MR) is 106 cm³/mol. The zero-order valence-corrected chi connectivity index (χ0v) is 17.5. The van der Waals surface area contributed by atoms with Gasteiger partial charge < -0.3 is 25.0 Å². The van der Waals surface area contributed by atoms with Crippen molar-refractivity contribution in [2.75, 3.05) is 33.8 Å². The maximum absolute atomic E-state index is 11.9. The van der Waals surface area contributed by atoms with Gasteiger partial charge in [0.15, 0.2) is 5.96 Å². The van der Waals surface area contributed by atoms with E-state index in [0.717, 1.165) is 57.7 Å². The van der Waals surface area contributed by atoms with Crippen LogP contribution in [0.4, 0.5) is 4.79 Å². The Morgan fingerprint density at radius 3 is 2.52 bits per heavy atom. The van der Waals surface area contributed by atoms with Gasteiger partial charge >= 0.3 is 12.1 Å². The van der Waals surface area contributed by atoms with E-state index >= 15 is 0 Å². The Kier molecular flexibility index (Phi) is 9.96. The summed E-state index contributed by atoms with van der Waals surface area (Å²) in [4.78, 5) is 29.4. The van der Waals surface area contributed by atoms with Crippen LogP contribution in [0.3, 0.4) is 0 Å². The van der Waals surface area contributed by atoms with Gasteiger partial charge in [-0.05, 0) is 40.0 Å². The number of nitrogens with zero attached hydrogens (tertiary/aromatic N) is 2. The number of ether oxygens (including phenoxy) is 2. The van der Waals surface area contributed by atoms with Gasteiger partial charge in [0.05, 0.1) is 13.2 Å². The van der Waals surface area contributed by atoms with E-state index in [1.54, 1.807) is 7.05 Å². The maximum atomic E-state index is 11.9. The summed E-state index contributed by atoms with van der Waals surface area (Å²) in [5.41, 5.74) is -0.489. The van der Waals surface area contributed by atoms with Crippen molar-refractivity contribution in [3.63, 3.8) is 0 Å². The molecule has 0 aromatic carbocycles. The molecule has 0 bridgehead atoms. The van der Waals surface area contributed by atoms with Crippen LogP contribution in [0.15, 0.2) is 4.99 Å². The summed E-state index contributed by atoms with van der Waals surface area (Å²) in [6, 6.07) is 0.0664. The predicted octanol–water partition coefficient (Wildman–Crippen LogP) is 2.28. The van der Waals surface area contributed by atoms with Crippen molar-refractivity contribution in [2.45, 2.75) is 70.9 Å². The number of methoxy groups -OCH3 is 1. The number of aliphatic imine (C=N–C) groups is 1. The molecule has 8 heteroatoms. The molecule has 0 saturated carbocycles. The molecule has 1 aliphatic heterocycles. The number of alkyl carbamates (subject to hydrolysis) is 1. The summed E-state index contributed by atoms with van der Waals surface area (Å²) in [6.07, 6.45) is 4.95. The Bertz CT molecular complexity index is 502. The highest BCUT2D eigenvalue weighted by atomic mass is 16.6. The van der Waals surface area contributed by atoms with E-state index in [0.29, 0.717) is 6.42 Å². The number of hydrogen-bond acceptors (Lipinski definition) is 5. The van der Waals surface area contributed by atoms with Crippen LogP contribution in [0, 0.1) is 0 Å². The molecule has 27 heavy (non-hydrogen) atoms. The number of carbonyl (C=O) groups is 2. The van der Waals surface area contributed by atoms with E-state index in [2.05, 4.69) is 25.3 Å². The van der Waals surface area contributed by atoms with E-state index < -0.39 is 5.60 Å². The van der Waals surface area contributed by atoms with Gasteiger partial charge in [0.2, 0.25) is 0 Å². The molecule has 1 amide bonds. The molecule has 1 unspecified atom stereocenters. The van der Waals surface area contributed by atoms with Crippen molar-refractivity contribution >= 4 is 18.0 Å². The standard InChI is InChI=1S/C19H36N4O4/c1-19(2,3)27-18(25)22-15-11-13-23(14-15)17(20-4)21-12-9-7-6-8-10-16(24)26-5/h15H,6-14H2,1-5H3,(H,20,21)(H,22,25). The molecular weight excluding hydrogens is 348 g/mol. The molecule has 1 aliphatic rings. The van der Waals surface area contributed by atoms with Crippen LogP contribution in [0.1, 0.15) is 59.3 Å². The molecule has 0 spiro atoms. The Labute approximate surface area is 163 Å². The number of nitrogens with one attached hydrogen (secondary N) is 2. The first kappa shape index (κ1) is 23.0. The first-order valence-electron chi connectivity index (χ1n) is 9.77. The van der Waals surface area contributed by atoms with Gasteiger partial charge in [-0.3, -0.25) is 9.79 Å². The maximum Gasteiger partial charge on any atom is 0.407 e. The number of hydrogen-bond donors (Lipinski definition) is 2. The lowest BCUT2D eigenvalue weighted by atomic mass is 10.1. The molecular formula is C19H36N4O4. The van der Waals surface area contributed by atoms with Gasteiger partial charge in [-0.15, -0.1) is 0 Å². The SMILES string of the molecule is CN=C(NCCCCCCC(=O)OC)N1CCC(NC(=O)OC(C)(C)C)C1. The van der Waals surface area contributed by atoms with Crippen LogP contribution in [-0.2, 0) is 14.3 Å². The molecule has 1 heterocycles. The highest BCUT2D eigenvalue weighted by Gasteiger charge is 2.27. The second-order valence-electron chi connectivity index (χ2n) is 7.79. The normalized spacial score (nSPS) is 17.6. The fraction of sp³-hybridized carbons (Fsp3) is 0.842. The third kappa shape index (κ3) is 10.1. The molecule has 1 atom stereocenters. The summed E-state index contributed by atoms with van der Waals surface area (Å²) in [7, 11) is 3.19. The van der Waals surface area contributed by atoms with Crippen molar-refractivity contribution in [3.8, 4) is 0 Å². The minimum absolute atomic E-state index is 0.0664. The minimum atomic E-state index is -0.489. The Balaban J connectivity index is 2.21. The molecule has 0 aromatic heterocycles. The molecule has 0 aromatic rings. The van der Waals surface area contributed by atoms with Crippen molar-refractivity contribution in [3.05, 3.63) is 0 Å². The summed E-state index contributed by atoms with van der Waals surface area (Å²) in [5, 5.41) is 6.30. The second kappa shape index (κ2) is 11.7. The van der Waals surface area contributed by atoms with E-state index in [-0.39, 0.29) is 18.1 Å². The van der Waals surface area contributed by atoms with Crippen molar-refractivity contribution in [2.24, 2.45) is 4.99 Å². The first-order valence-corrected chi connectivity index (χ1v) is 9.77. The number of likely N-dealkylation sites (tertiary alicyclic amines) is 1. The highest BCUT2D eigenvalue weighted by molar-refractivity contribution is 5.80. The minimum Gasteiger partial charge on any atom is -0.469 e. The zero-order valence-electron chi connectivity index (χ0n) is 17.5. The average molecular weight is 385 g/mol. The topological polar surface area (TPSA) is 92.3 Å². The Hall–Kier alpha value is -1.99. The van der Waals surface area contributed by atoms with Crippen LogP contribution >= 0.6 is 0 Å². The van der Waals surface area contributed by atoms with E-state index in [1.165, 1.54) is 7.11 Å². The van der Waals surface area contributed by atoms with Gasteiger partial charge in [-0.2, -0.15) is 0 Å². The van der Waals surface area contributed by atoms with Gasteiger partial charge in [-0.25, -0.2) is 4.79 Å². The number of guanidine groups is 1. The Morgan fingerprint density at radius 1 is 1.19 bits per heavy atom. The fourth-order valence-corrected chi connectivity index (χ4v) is 2.93. The monoisotopic (exact) mass is 384 g/mol. The molecule has 2 N–H and O–H groups in total. The van der Waals surface area contributed by atoms with Crippen LogP contribution in [-0.4, -0.2) is 68.4 Å². The quantitative estimate of drug-likeness (QED) is 0.289. The lowest BCUT2D eigenvalue weighted by Gasteiger charge is -2.23. The lowest BCUT2D eigenvalue weighted by Crippen LogP contribution is -2.44. The molecule has 1 rings (SSSR count). The van der Waals surface area contributed by atoms with Crippen LogP contribution in [0.5, 0.6) is 0 Å². The van der Waals surface area contributed by atoms with E-state index in [9.17, 15) is 9.59 Å². The van der Waals surface area contributed by atoms with Crippen LogP contribution in [0.2, 0.25) is 0 Å². The molecule has 8 nitrogen and oxygen atoms in total. The van der Waals surface area contributed by atoms with Crippen LogP contribution < -0.4 is 10.6 Å². The summed E-state index contributed by atoms with van der Waals surface area (Å²) < 4.78 is 9.94. The number of carbonyl (C=O) groups excluding carboxylic acids is 2. The summed E-state index contributed by atoms with van der Waals surface area (Å²) >= 11 is 0. The Morgan fingerprint density at radius 2 is 1.89 bits per heavy atom. The van der Waals surface area contributed by atoms with Gasteiger partial charge in [0.1, 0.15) is 5.60 Å². The molecule has 0 radical (unpaired) electrons. The number of esters is 1. The second-order valence-corrected chi connectivity index (χ2v) is 7.79. The van der Waals surface area contributed by atoms with Crippen LogP contribution in [0.25, 0.3) is 0 Å². The van der Waals surface area contributed by atoms with Gasteiger partial charge in [-0.1, -0.05) is 12.8 Å². The third-order valence-corrected chi connectivity index (χ3v) is 4.24. The smallest absolute Gasteiger partial charge is 0.407 e. The van der Waals surface area contributed by atoms with Gasteiger partial charge in [0, 0.05) is 33.1 Å². The lowest BCUT2D eigenvalue weighted by molar-refractivity contribution is -0.140. The molecule has 1 saturated heterocycles. The largest absolute Gasteiger partial charge is 0.469 e. The van der Waals surface area contributed by atoms with Crippen molar-refractivity contribution in [1.29, 1.82) is 0 Å². The molecule has 1 fully saturated rings. The number of rotatable bonds is 8. The number of unbranched alkanes of at least 4 members (excludes halogenated alkanes) is 3. The van der Waals surface area contributed by atoms with E-state index in [4.69, 9.17) is 4.74 Å². The summed E-state index contributed by atoms with van der Waals surface area (Å²) in [5.74, 6) is 0.718. The van der Waals surface area contributed by atoms with Gasteiger partial charge in [0.25, 0.3) is 0 Å².